The summed E-state index contributed by atoms with van der Waals surface area (Å²) in [7, 11) is -2.15. The molecule has 2 aromatic rings. The van der Waals surface area contributed by atoms with Gasteiger partial charge in [-0.3, -0.25) is 10.1 Å². The van der Waals surface area contributed by atoms with Crippen LogP contribution in [0.25, 0.3) is 6.08 Å². The topological polar surface area (TPSA) is 122 Å². The number of nitro groups is 1. The van der Waals surface area contributed by atoms with E-state index in [1.54, 1.807) is 24.3 Å². The van der Waals surface area contributed by atoms with Gasteiger partial charge in [-0.15, -0.1) is 0 Å². The molecule has 2 rings (SSSR count). The number of nitrogens with zero attached hydrogens (tertiary/aromatic N) is 1. The van der Waals surface area contributed by atoms with Crippen LogP contribution in [0.15, 0.2) is 47.4 Å². The highest BCUT2D eigenvalue weighted by Gasteiger charge is 2.30. The quantitative estimate of drug-likeness (QED) is 0.297. The van der Waals surface area contributed by atoms with Crippen LogP contribution in [0.5, 0.6) is 11.5 Å². The number of methoxy groups -OCH3 is 2. The van der Waals surface area contributed by atoms with Gasteiger partial charge < -0.3 is 13.7 Å². The summed E-state index contributed by atoms with van der Waals surface area (Å²) in [4.78, 5) is 21.3. The number of hydrogen-bond donors (Lipinski definition) is 0. The van der Waals surface area contributed by atoms with E-state index in [1.807, 2.05) is 6.92 Å². The summed E-state index contributed by atoms with van der Waals surface area (Å²) in [6, 6.07) is 7.36. The van der Waals surface area contributed by atoms with Crippen molar-refractivity contribution in [1.29, 1.82) is 0 Å². The zero-order chi connectivity index (χ0) is 20.9. The molecule has 0 unspecified atom stereocenters. The minimum Gasteiger partial charge on any atom is -0.493 e. The fourth-order valence-electron chi connectivity index (χ4n) is 2.33. The van der Waals surface area contributed by atoms with Crippen LogP contribution in [-0.2, 0) is 14.9 Å². The normalized spacial score (nSPS) is 11.2. The van der Waals surface area contributed by atoms with Crippen molar-refractivity contribution in [3.8, 4) is 11.5 Å². The van der Waals surface area contributed by atoms with Gasteiger partial charge in [0.1, 0.15) is 0 Å². The number of ether oxygens (including phenoxy) is 2. The Bertz CT molecular complexity index is 1040. The van der Waals surface area contributed by atoms with Crippen LogP contribution >= 0.6 is 0 Å². The number of benzene rings is 2. The molecule has 0 radical (unpaired) electrons. The molecule has 28 heavy (non-hydrogen) atoms. The summed E-state index contributed by atoms with van der Waals surface area (Å²) < 4.78 is 40.0. The zero-order valence-corrected chi connectivity index (χ0v) is 16.1. The Morgan fingerprint density at radius 1 is 1.11 bits per heavy atom. The number of carbonyl (C=O) groups excluding carboxylic acids is 1. The van der Waals surface area contributed by atoms with E-state index in [4.69, 9.17) is 8.92 Å². The lowest BCUT2D eigenvalue weighted by atomic mass is 10.2. The molecule has 0 aliphatic heterocycles. The maximum Gasteiger partial charge on any atom is 0.346 e. The van der Waals surface area contributed by atoms with Crippen molar-refractivity contribution in [3.63, 3.8) is 0 Å². The lowest BCUT2D eigenvalue weighted by molar-refractivity contribution is -0.387. The second-order valence-electron chi connectivity index (χ2n) is 5.38. The van der Waals surface area contributed by atoms with Crippen LogP contribution in [0.3, 0.4) is 0 Å². The highest BCUT2D eigenvalue weighted by molar-refractivity contribution is 7.87. The van der Waals surface area contributed by atoms with Crippen molar-refractivity contribution < 1.29 is 31.8 Å². The Morgan fingerprint density at radius 3 is 2.39 bits per heavy atom. The van der Waals surface area contributed by atoms with Crippen LogP contribution in [0.1, 0.15) is 22.8 Å². The third kappa shape index (κ3) is 4.46. The SMILES string of the molecule is C/C=C\c1ccc(OS(=O)(=O)c2ccc(C(=O)OC)cc2[N+](=O)[O-])c(OC)c1. The molecule has 2 aromatic carbocycles. The first-order chi connectivity index (χ1) is 13.2. The molecule has 0 spiro atoms. The molecule has 0 bridgehead atoms. The van der Waals surface area contributed by atoms with E-state index >= 15 is 0 Å². The van der Waals surface area contributed by atoms with Crippen molar-refractivity contribution in [2.24, 2.45) is 0 Å². The predicted octanol–water partition coefficient (Wildman–Crippen LogP) is 3.19. The van der Waals surface area contributed by atoms with Crippen molar-refractivity contribution in [2.75, 3.05) is 14.2 Å². The number of nitro benzene ring substituents is 1. The third-order valence-electron chi connectivity index (χ3n) is 3.59. The number of esters is 1. The highest BCUT2D eigenvalue weighted by Crippen LogP contribution is 2.33. The molecule has 0 saturated heterocycles. The molecule has 10 heteroatoms. The zero-order valence-electron chi connectivity index (χ0n) is 15.2. The van der Waals surface area contributed by atoms with E-state index in [0.29, 0.717) is 0 Å². The molecule has 0 atom stereocenters. The number of carbonyl (C=O) groups is 1. The van der Waals surface area contributed by atoms with Gasteiger partial charge >= 0.3 is 16.1 Å². The summed E-state index contributed by atoms with van der Waals surface area (Å²) in [5, 5.41) is 11.3. The van der Waals surface area contributed by atoms with E-state index in [9.17, 15) is 23.3 Å². The fraction of sp³-hybridized carbons (Fsp3) is 0.167. The molecule has 0 aliphatic carbocycles. The molecule has 0 fully saturated rings. The molecular formula is C18H17NO8S. The largest absolute Gasteiger partial charge is 0.493 e. The first-order valence-corrected chi connectivity index (χ1v) is 9.26. The molecule has 0 aromatic heterocycles. The minimum absolute atomic E-state index is 0.132. The Balaban J connectivity index is 2.50. The van der Waals surface area contributed by atoms with Gasteiger partial charge in [-0.25, -0.2) is 4.79 Å². The van der Waals surface area contributed by atoms with Gasteiger partial charge in [-0.1, -0.05) is 18.2 Å². The van der Waals surface area contributed by atoms with Gasteiger partial charge in [0.25, 0.3) is 5.69 Å². The van der Waals surface area contributed by atoms with Crippen molar-refractivity contribution in [3.05, 3.63) is 63.7 Å². The van der Waals surface area contributed by atoms with Gasteiger partial charge in [0.05, 0.1) is 24.7 Å². The molecule has 0 amide bonds. The summed E-state index contributed by atoms with van der Waals surface area (Å²) in [5.41, 5.74) is -0.230. The fourth-order valence-corrected chi connectivity index (χ4v) is 3.42. The standard InChI is InChI=1S/C18H17NO8S/c1-4-5-12-6-8-15(16(10-12)25-2)27-28(23,24)17-9-7-13(18(20)26-3)11-14(17)19(21)22/h4-11H,1-3H3/b5-4-. The third-order valence-corrected chi connectivity index (χ3v) is 4.88. The predicted molar refractivity (Wildman–Crippen MR) is 100.0 cm³/mol. The second kappa shape index (κ2) is 8.53. The maximum absolute atomic E-state index is 12.6. The molecule has 0 heterocycles. The van der Waals surface area contributed by atoms with Crippen molar-refractivity contribution >= 4 is 27.9 Å². The van der Waals surface area contributed by atoms with Crippen LogP contribution in [-0.4, -0.2) is 33.5 Å². The second-order valence-corrected chi connectivity index (χ2v) is 6.89. The van der Waals surface area contributed by atoms with Gasteiger partial charge in [0.15, 0.2) is 16.4 Å². The average Bonchev–Trinajstić information content (AvgIpc) is 2.67. The summed E-state index contributed by atoms with van der Waals surface area (Å²) in [6.45, 7) is 1.82. The molecule has 0 aliphatic rings. The Hall–Kier alpha value is -3.40. The van der Waals surface area contributed by atoms with Crippen LogP contribution in [0.4, 0.5) is 5.69 Å². The molecule has 9 nitrogen and oxygen atoms in total. The number of allylic oxidation sites excluding steroid dienone is 1. The van der Waals surface area contributed by atoms with E-state index < -0.39 is 31.6 Å². The first kappa shape index (κ1) is 20.9. The Morgan fingerprint density at radius 2 is 1.82 bits per heavy atom. The Kier molecular flexibility index (Phi) is 6.37. The Labute approximate surface area is 161 Å². The summed E-state index contributed by atoms with van der Waals surface area (Å²) >= 11 is 0. The summed E-state index contributed by atoms with van der Waals surface area (Å²) in [6.07, 6.45) is 3.56. The van der Waals surface area contributed by atoms with E-state index in [0.717, 1.165) is 30.9 Å². The van der Waals surface area contributed by atoms with Gasteiger partial charge in [0.2, 0.25) is 0 Å². The van der Waals surface area contributed by atoms with Crippen LogP contribution < -0.4 is 8.92 Å². The molecule has 0 saturated carbocycles. The average molecular weight is 407 g/mol. The van der Waals surface area contributed by atoms with Gasteiger partial charge in [0, 0.05) is 6.07 Å². The lowest BCUT2D eigenvalue weighted by Crippen LogP contribution is -2.13. The van der Waals surface area contributed by atoms with Crippen molar-refractivity contribution in [2.45, 2.75) is 11.8 Å². The van der Waals surface area contributed by atoms with Crippen LogP contribution in [0.2, 0.25) is 0 Å². The van der Waals surface area contributed by atoms with Gasteiger partial charge in [-0.2, -0.15) is 8.42 Å². The minimum atomic E-state index is -4.59. The van der Waals surface area contributed by atoms with E-state index in [1.165, 1.54) is 13.2 Å². The van der Waals surface area contributed by atoms with E-state index in [-0.39, 0.29) is 17.1 Å². The molecular weight excluding hydrogens is 390 g/mol. The number of rotatable bonds is 7. The van der Waals surface area contributed by atoms with Gasteiger partial charge in [-0.05, 0) is 36.8 Å². The highest BCUT2D eigenvalue weighted by atomic mass is 32.2. The van der Waals surface area contributed by atoms with Crippen molar-refractivity contribution in [1.82, 2.24) is 0 Å². The molecule has 148 valence electrons. The summed E-state index contributed by atoms with van der Waals surface area (Å²) in [5.74, 6) is -0.843. The lowest BCUT2D eigenvalue weighted by Gasteiger charge is -2.12. The molecule has 0 N–H and O–H groups in total. The van der Waals surface area contributed by atoms with Crippen LogP contribution in [0, 0.1) is 10.1 Å². The van der Waals surface area contributed by atoms with E-state index in [2.05, 4.69) is 4.74 Å². The first-order valence-electron chi connectivity index (χ1n) is 7.85. The monoisotopic (exact) mass is 407 g/mol. The maximum atomic E-state index is 12.6. The smallest absolute Gasteiger partial charge is 0.346 e. The number of hydrogen-bond acceptors (Lipinski definition) is 8.